The number of aliphatic carboxylic acids is 1. The van der Waals surface area contributed by atoms with Crippen LogP contribution in [0.15, 0.2) is 84.9 Å². The summed E-state index contributed by atoms with van der Waals surface area (Å²) < 4.78 is 0. The maximum absolute atomic E-state index is 13.7. The molecule has 0 bridgehead atoms. The zero-order chi connectivity index (χ0) is 26.3. The number of benzene rings is 4. The van der Waals surface area contributed by atoms with Gasteiger partial charge in [0.2, 0.25) is 0 Å². The Labute approximate surface area is 234 Å². The van der Waals surface area contributed by atoms with Crippen LogP contribution in [0.1, 0.15) is 39.0 Å². The van der Waals surface area contributed by atoms with Gasteiger partial charge in [-0.1, -0.05) is 101 Å². The summed E-state index contributed by atoms with van der Waals surface area (Å²) in [7, 11) is 0. The van der Waals surface area contributed by atoms with E-state index in [1.807, 2.05) is 30.3 Å². The van der Waals surface area contributed by atoms with Gasteiger partial charge in [-0.05, 0) is 58.1 Å². The van der Waals surface area contributed by atoms with Gasteiger partial charge >= 0.3 is 5.97 Å². The van der Waals surface area contributed by atoms with Crippen molar-refractivity contribution < 1.29 is 14.7 Å². The highest BCUT2D eigenvalue weighted by atomic mass is 35.5. The molecule has 8 heteroatoms. The summed E-state index contributed by atoms with van der Waals surface area (Å²) in [6, 6.07) is 24.0. The van der Waals surface area contributed by atoms with E-state index in [2.05, 4.69) is 0 Å². The number of halogens is 4. The lowest BCUT2D eigenvalue weighted by atomic mass is 9.79. The first-order valence-electron chi connectivity index (χ1n) is 11.4. The van der Waals surface area contributed by atoms with Crippen LogP contribution in [0.5, 0.6) is 0 Å². The summed E-state index contributed by atoms with van der Waals surface area (Å²) in [4.78, 5) is 27.9. The molecule has 0 radical (unpaired) electrons. The SMILES string of the molecule is O=C(O)C1c2ccccc2C(=O)N(Cc2ccc(-c3ccc(Cl)c(Cl)c3)cc2)C1c1ccc(Cl)cc1Cl. The van der Waals surface area contributed by atoms with Gasteiger partial charge < -0.3 is 10.0 Å². The highest BCUT2D eigenvalue weighted by molar-refractivity contribution is 6.42. The number of rotatable bonds is 5. The summed E-state index contributed by atoms with van der Waals surface area (Å²) in [6.45, 7) is 0.183. The second kappa shape index (κ2) is 10.4. The molecule has 1 N–H and O–H groups in total. The lowest BCUT2D eigenvalue weighted by molar-refractivity contribution is -0.140. The van der Waals surface area contributed by atoms with Gasteiger partial charge in [0, 0.05) is 22.2 Å². The van der Waals surface area contributed by atoms with Gasteiger partial charge in [0.15, 0.2) is 0 Å². The minimum Gasteiger partial charge on any atom is -0.481 e. The molecule has 1 heterocycles. The Hall–Kier alpha value is -3.02. The molecule has 0 saturated carbocycles. The van der Waals surface area contributed by atoms with E-state index in [1.54, 1.807) is 59.5 Å². The van der Waals surface area contributed by atoms with Crippen LogP contribution in [0.25, 0.3) is 11.1 Å². The molecule has 0 fully saturated rings. The lowest BCUT2D eigenvalue weighted by Crippen LogP contribution is -2.44. The summed E-state index contributed by atoms with van der Waals surface area (Å²) >= 11 is 24.9. The van der Waals surface area contributed by atoms with Crippen LogP contribution in [0.4, 0.5) is 0 Å². The molecule has 4 nitrogen and oxygen atoms in total. The molecule has 0 saturated heterocycles. The maximum atomic E-state index is 13.7. The predicted molar refractivity (Wildman–Crippen MR) is 148 cm³/mol. The minimum absolute atomic E-state index is 0.183. The Balaban J connectivity index is 1.57. The molecule has 0 aromatic heterocycles. The van der Waals surface area contributed by atoms with E-state index < -0.39 is 17.9 Å². The zero-order valence-electron chi connectivity index (χ0n) is 19.2. The van der Waals surface area contributed by atoms with Crippen molar-refractivity contribution in [1.82, 2.24) is 4.90 Å². The second-order valence-electron chi connectivity index (χ2n) is 8.77. The Kier molecular flexibility index (Phi) is 7.19. The van der Waals surface area contributed by atoms with Crippen LogP contribution in [0.2, 0.25) is 20.1 Å². The first-order chi connectivity index (χ1) is 17.7. The quantitative estimate of drug-likeness (QED) is 0.261. The fraction of sp³-hybridized carbons (Fsp3) is 0.103. The molecule has 5 rings (SSSR count). The second-order valence-corrected chi connectivity index (χ2v) is 10.4. The molecule has 186 valence electrons. The third kappa shape index (κ3) is 4.95. The number of carboxylic acids is 1. The summed E-state index contributed by atoms with van der Waals surface area (Å²) in [5.41, 5.74) is 4.01. The fourth-order valence-electron chi connectivity index (χ4n) is 4.80. The molecule has 1 aliphatic heterocycles. The smallest absolute Gasteiger partial charge is 0.313 e. The average molecular weight is 571 g/mol. The monoisotopic (exact) mass is 569 g/mol. The van der Waals surface area contributed by atoms with Crippen LogP contribution in [-0.4, -0.2) is 21.9 Å². The van der Waals surface area contributed by atoms with E-state index in [0.717, 1.165) is 16.7 Å². The van der Waals surface area contributed by atoms with Gasteiger partial charge in [-0.3, -0.25) is 9.59 Å². The number of hydrogen-bond donors (Lipinski definition) is 1. The molecule has 0 spiro atoms. The zero-order valence-corrected chi connectivity index (χ0v) is 22.2. The van der Waals surface area contributed by atoms with Crippen molar-refractivity contribution in [2.24, 2.45) is 0 Å². The lowest BCUT2D eigenvalue weighted by Gasteiger charge is -2.41. The topological polar surface area (TPSA) is 57.6 Å². The first kappa shape index (κ1) is 25.6. The standard InChI is InChI=1S/C29H19Cl4NO3/c30-19-10-11-22(24(32)14-19)27-26(29(36)37)20-3-1-2-4-21(20)28(35)34(27)15-16-5-7-17(8-6-16)18-9-12-23(31)25(33)13-18/h1-14,26-27H,15H2,(H,36,37). The largest absolute Gasteiger partial charge is 0.481 e. The number of carbonyl (C=O) groups is 2. The maximum Gasteiger partial charge on any atom is 0.313 e. The third-order valence-electron chi connectivity index (χ3n) is 6.55. The van der Waals surface area contributed by atoms with E-state index in [0.29, 0.717) is 36.8 Å². The molecule has 2 unspecified atom stereocenters. The van der Waals surface area contributed by atoms with Crippen LogP contribution in [0.3, 0.4) is 0 Å². The number of carboxylic acid groups (broad SMARTS) is 1. The molecule has 1 aliphatic rings. The van der Waals surface area contributed by atoms with Crippen LogP contribution >= 0.6 is 46.4 Å². The Morgan fingerprint density at radius 3 is 2.14 bits per heavy atom. The molecule has 4 aromatic rings. The van der Waals surface area contributed by atoms with E-state index >= 15 is 0 Å². The van der Waals surface area contributed by atoms with Gasteiger partial charge in [-0.25, -0.2) is 0 Å². The highest BCUT2D eigenvalue weighted by Crippen LogP contribution is 2.46. The van der Waals surface area contributed by atoms with E-state index in [4.69, 9.17) is 46.4 Å². The number of amides is 1. The number of nitrogens with zero attached hydrogens (tertiary/aromatic N) is 1. The molecule has 37 heavy (non-hydrogen) atoms. The highest BCUT2D eigenvalue weighted by Gasteiger charge is 2.45. The normalized spacial score (nSPS) is 17.0. The predicted octanol–water partition coefficient (Wildman–Crippen LogP) is 8.53. The van der Waals surface area contributed by atoms with Crippen molar-refractivity contribution in [3.8, 4) is 11.1 Å². The molecule has 0 aliphatic carbocycles. The van der Waals surface area contributed by atoms with Crippen molar-refractivity contribution >= 4 is 58.3 Å². The first-order valence-corrected chi connectivity index (χ1v) is 12.9. The molecular formula is C29H19Cl4NO3. The third-order valence-corrected chi connectivity index (χ3v) is 7.85. The number of carbonyl (C=O) groups excluding carboxylic acids is 1. The fourth-order valence-corrected chi connectivity index (χ4v) is 5.61. The van der Waals surface area contributed by atoms with Crippen LogP contribution in [-0.2, 0) is 11.3 Å². The Morgan fingerprint density at radius 1 is 0.757 bits per heavy atom. The van der Waals surface area contributed by atoms with Gasteiger partial charge in [-0.2, -0.15) is 0 Å². The summed E-state index contributed by atoms with van der Waals surface area (Å²) in [5.74, 6) is -2.32. The summed E-state index contributed by atoms with van der Waals surface area (Å²) in [6.07, 6.45) is 0. The van der Waals surface area contributed by atoms with Gasteiger partial charge in [0.25, 0.3) is 5.91 Å². The number of hydrogen-bond acceptors (Lipinski definition) is 2. The number of fused-ring (bicyclic) bond motifs is 1. The van der Waals surface area contributed by atoms with E-state index in [-0.39, 0.29) is 12.5 Å². The van der Waals surface area contributed by atoms with Crippen molar-refractivity contribution in [2.75, 3.05) is 0 Å². The molecule has 4 aromatic carbocycles. The summed E-state index contributed by atoms with van der Waals surface area (Å²) in [5, 5.41) is 12.0. The van der Waals surface area contributed by atoms with Gasteiger partial charge in [0.05, 0.1) is 16.1 Å². The van der Waals surface area contributed by atoms with E-state index in [1.165, 1.54) is 0 Å². The van der Waals surface area contributed by atoms with Crippen LogP contribution in [0, 0.1) is 0 Å². The molecule has 1 amide bonds. The van der Waals surface area contributed by atoms with Gasteiger partial charge in [-0.15, -0.1) is 0 Å². The van der Waals surface area contributed by atoms with Crippen molar-refractivity contribution in [1.29, 1.82) is 0 Å². The van der Waals surface area contributed by atoms with Crippen molar-refractivity contribution in [3.05, 3.63) is 127 Å². The van der Waals surface area contributed by atoms with Gasteiger partial charge in [0.1, 0.15) is 5.92 Å². The van der Waals surface area contributed by atoms with Crippen molar-refractivity contribution in [3.63, 3.8) is 0 Å². The molecule has 2 atom stereocenters. The minimum atomic E-state index is -1.05. The van der Waals surface area contributed by atoms with Crippen molar-refractivity contribution in [2.45, 2.75) is 18.5 Å². The van der Waals surface area contributed by atoms with Crippen LogP contribution < -0.4 is 0 Å². The Morgan fingerprint density at radius 2 is 1.46 bits per heavy atom. The molecular weight excluding hydrogens is 552 g/mol. The van der Waals surface area contributed by atoms with E-state index in [9.17, 15) is 14.7 Å². The average Bonchev–Trinajstić information content (AvgIpc) is 2.88. The Bertz CT molecular complexity index is 1520.